The van der Waals surface area contributed by atoms with Gasteiger partial charge in [0.2, 0.25) is 0 Å². The topological polar surface area (TPSA) is 29.3 Å². The van der Waals surface area contributed by atoms with Gasteiger partial charge in [0, 0.05) is 23.1 Å². The van der Waals surface area contributed by atoms with Gasteiger partial charge in [-0.05, 0) is 23.3 Å². The van der Waals surface area contributed by atoms with E-state index < -0.39 is 0 Å². The number of hydrogen-bond donors (Lipinski definition) is 1. The largest absolute Gasteiger partial charge is 0.268 e. The Morgan fingerprint density at radius 3 is 1.92 bits per heavy atom. The Bertz CT molecular complexity index is 294. The summed E-state index contributed by atoms with van der Waals surface area (Å²) in [5.74, 6) is 5.64. The predicted molar refractivity (Wildman–Crippen MR) is 49.9 cm³/mol. The number of hydrogen-bond acceptors (Lipinski definition) is 2. The molecule has 2 N–H and O–H groups in total. The Hall–Kier alpha value is -0.280. The number of rotatable bonds is 0. The van der Waals surface area contributed by atoms with Crippen LogP contribution in [0.3, 0.4) is 0 Å². The molecule has 0 bridgehead atoms. The van der Waals surface area contributed by atoms with Crippen LogP contribution in [0.5, 0.6) is 0 Å². The van der Waals surface area contributed by atoms with Crippen molar-refractivity contribution in [2.75, 3.05) is 0 Å². The molecule has 1 aliphatic rings. The van der Waals surface area contributed by atoms with E-state index in [1.165, 1.54) is 0 Å². The minimum atomic E-state index is 0.689. The molecule has 0 unspecified atom stereocenters. The van der Waals surface area contributed by atoms with Crippen LogP contribution in [0.4, 0.5) is 0 Å². The molecule has 0 spiro atoms. The molecule has 0 atom stereocenters. The number of hydrazine groups is 1. The van der Waals surface area contributed by atoms with Crippen LogP contribution in [0.15, 0.2) is 12.1 Å². The fourth-order valence-electron chi connectivity index (χ4n) is 1.44. The van der Waals surface area contributed by atoms with Gasteiger partial charge in [0.25, 0.3) is 0 Å². The number of nitrogens with two attached hydrogens (primary N) is 1. The number of nitrogens with zero attached hydrogens (tertiary/aromatic N) is 1. The molecule has 0 saturated carbocycles. The summed E-state index contributed by atoms with van der Waals surface area (Å²) in [6.07, 6.45) is 0. The predicted octanol–water partition coefficient (Wildman–Crippen LogP) is 2.18. The smallest absolute Gasteiger partial charge is 0.0455 e. The van der Waals surface area contributed by atoms with Crippen LogP contribution < -0.4 is 5.84 Å². The van der Waals surface area contributed by atoms with Gasteiger partial charge in [-0.15, -0.1) is 0 Å². The third-order valence-corrected chi connectivity index (χ3v) is 2.75. The summed E-state index contributed by atoms with van der Waals surface area (Å²) in [4.78, 5) is 0. The molecule has 0 fully saturated rings. The van der Waals surface area contributed by atoms with Crippen molar-refractivity contribution < 1.29 is 0 Å². The Labute approximate surface area is 80.8 Å². The minimum Gasteiger partial charge on any atom is -0.268 e. The summed E-state index contributed by atoms with van der Waals surface area (Å²) in [5, 5.41) is 3.20. The second-order valence-electron chi connectivity index (χ2n) is 2.89. The lowest BCUT2D eigenvalue weighted by Crippen LogP contribution is -2.23. The van der Waals surface area contributed by atoms with Crippen LogP contribution in [0, 0.1) is 0 Å². The van der Waals surface area contributed by atoms with Crippen LogP contribution in [-0.2, 0) is 13.1 Å². The van der Waals surface area contributed by atoms with Crippen molar-refractivity contribution in [1.82, 2.24) is 5.01 Å². The summed E-state index contributed by atoms with van der Waals surface area (Å²) in [6.45, 7) is 1.38. The number of benzene rings is 1. The van der Waals surface area contributed by atoms with E-state index in [1.807, 2.05) is 12.1 Å². The van der Waals surface area contributed by atoms with E-state index in [9.17, 15) is 0 Å². The Balaban J connectivity index is 2.56. The molecular formula is C8H8Cl2N2. The van der Waals surface area contributed by atoms with Gasteiger partial charge in [0.15, 0.2) is 0 Å². The lowest BCUT2D eigenvalue weighted by atomic mass is 10.1. The lowest BCUT2D eigenvalue weighted by Gasteiger charge is -2.03. The monoisotopic (exact) mass is 202 g/mol. The van der Waals surface area contributed by atoms with Gasteiger partial charge in [-0.1, -0.05) is 23.2 Å². The SMILES string of the molecule is NN1Cc2c(Cl)ccc(Cl)c2C1. The van der Waals surface area contributed by atoms with Gasteiger partial charge in [-0.25, -0.2) is 5.01 Å². The molecule has 0 aliphatic carbocycles. The average Bonchev–Trinajstić information content (AvgIpc) is 2.41. The van der Waals surface area contributed by atoms with Crippen molar-refractivity contribution in [2.24, 2.45) is 5.84 Å². The van der Waals surface area contributed by atoms with Gasteiger partial charge in [-0.3, -0.25) is 5.84 Å². The van der Waals surface area contributed by atoms with Crippen LogP contribution in [0.2, 0.25) is 10.0 Å². The van der Waals surface area contributed by atoms with E-state index in [0.29, 0.717) is 13.1 Å². The van der Waals surface area contributed by atoms with Crippen LogP contribution >= 0.6 is 23.2 Å². The molecule has 1 aliphatic heterocycles. The van der Waals surface area contributed by atoms with Gasteiger partial charge >= 0.3 is 0 Å². The average molecular weight is 203 g/mol. The molecule has 0 amide bonds. The zero-order valence-electron chi connectivity index (χ0n) is 6.35. The first-order valence-corrected chi connectivity index (χ1v) is 4.39. The van der Waals surface area contributed by atoms with Crippen molar-refractivity contribution >= 4 is 23.2 Å². The van der Waals surface area contributed by atoms with Crippen LogP contribution in [0.25, 0.3) is 0 Å². The molecule has 2 rings (SSSR count). The van der Waals surface area contributed by atoms with Crippen molar-refractivity contribution in [3.63, 3.8) is 0 Å². The summed E-state index contributed by atoms with van der Waals surface area (Å²) in [5.41, 5.74) is 2.12. The third-order valence-electron chi connectivity index (χ3n) is 2.04. The van der Waals surface area contributed by atoms with Gasteiger partial charge in [-0.2, -0.15) is 0 Å². The second kappa shape index (κ2) is 2.89. The molecule has 0 radical (unpaired) electrons. The highest BCUT2D eigenvalue weighted by Gasteiger charge is 2.20. The minimum absolute atomic E-state index is 0.689. The first kappa shape index (κ1) is 8.32. The zero-order chi connectivity index (χ0) is 8.72. The van der Waals surface area contributed by atoms with Gasteiger partial charge in [0.05, 0.1) is 0 Å². The maximum Gasteiger partial charge on any atom is 0.0455 e. The molecule has 0 saturated heterocycles. The Kier molecular flexibility index (Phi) is 2.00. The molecular weight excluding hydrogens is 195 g/mol. The standard InChI is InChI=1S/C8H8Cl2N2/c9-7-1-2-8(10)6-4-12(11)3-5(6)7/h1-2H,3-4,11H2. The summed E-state index contributed by atoms with van der Waals surface area (Å²) < 4.78 is 0. The molecule has 1 aromatic rings. The van der Waals surface area contributed by atoms with Crippen molar-refractivity contribution in [3.05, 3.63) is 33.3 Å². The molecule has 0 aromatic heterocycles. The third kappa shape index (κ3) is 1.21. The van der Waals surface area contributed by atoms with Crippen molar-refractivity contribution in [1.29, 1.82) is 0 Å². The number of fused-ring (bicyclic) bond motifs is 1. The maximum atomic E-state index is 5.97. The molecule has 64 valence electrons. The Morgan fingerprint density at radius 1 is 1.08 bits per heavy atom. The van der Waals surface area contributed by atoms with Crippen molar-refractivity contribution in [3.8, 4) is 0 Å². The highest BCUT2D eigenvalue weighted by atomic mass is 35.5. The lowest BCUT2D eigenvalue weighted by molar-refractivity contribution is 0.296. The molecule has 2 nitrogen and oxygen atoms in total. The highest BCUT2D eigenvalue weighted by molar-refractivity contribution is 6.34. The van der Waals surface area contributed by atoms with Crippen molar-refractivity contribution in [2.45, 2.75) is 13.1 Å². The van der Waals surface area contributed by atoms with E-state index in [1.54, 1.807) is 5.01 Å². The van der Waals surface area contributed by atoms with Crippen LogP contribution in [0.1, 0.15) is 11.1 Å². The fraction of sp³-hybridized carbons (Fsp3) is 0.250. The van der Waals surface area contributed by atoms with E-state index in [0.717, 1.165) is 21.2 Å². The van der Waals surface area contributed by atoms with E-state index in [4.69, 9.17) is 29.0 Å². The highest BCUT2D eigenvalue weighted by Crippen LogP contribution is 2.32. The first-order valence-electron chi connectivity index (χ1n) is 3.64. The van der Waals surface area contributed by atoms with E-state index in [2.05, 4.69) is 0 Å². The zero-order valence-corrected chi connectivity index (χ0v) is 7.86. The molecule has 1 heterocycles. The van der Waals surface area contributed by atoms with Gasteiger partial charge < -0.3 is 0 Å². The quantitative estimate of drug-likeness (QED) is 0.654. The van der Waals surface area contributed by atoms with Crippen LogP contribution in [-0.4, -0.2) is 5.01 Å². The normalized spacial score (nSPS) is 16.6. The Morgan fingerprint density at radius 2 is 1.50 bits per heavy atom. The molecule has 4 heteroatoms. The summed E-state index contributed by atoms with van der Waals surface area (Å²) in [6, 6.07) is 3.61. The maximum absolute atomic E-state index is 5.97. The van der Waals surface area contributed by atoms with Gasteiger partial charge in [0.1, 0.15) is 0 Å². The first-order chi connectivity index (χ1) is 5.68. The summed E-state index contributed by atoms with van der Waals surface area (Å²) >= 11 is 11.9. The molecule has 1 aromatic carbocycles. The van der Waals surface area contributed by atoms with E-state index >= 15 is 0 Å². The molecule has 12 heavy (non-hydrogen) atoms. The second-order valence-corrected chi connectivity index (χ2v) is 3.71. The van der Waals surface area contributed by atoms with E-state index in [-0.39, 0.29) is 0 Å². The summed E-state index contributed by atoms with van der Waals surface area (Å²) in [7, 11) is 0. The number of halogens is 2. The fourth-order valence-corrected chi connectivity index (χ4v) is 1.91.